The molecule has 2 aromatic carbocycles. The number of nitrogens with one attached hydrogen (secondary N) is 1. The predicted molar refractivity (Wildman–Crippen MR) is 83.2 cm³/mol. The molecule has 2 N–H and O–H groups in total. The molecule has 1 unspecified atom stereocenters. The zero-order chi connectivity index (χ0) is 14.8. The summed E-state index contributed by atoms with van der Waals surface area (Å²) < 4.78 is 5.24. The lowest BCUT2D eigenvalue weighted by Gasteiger charge is -2.32. The average molecular weight is 273 g/mol. The summed E-state index contributed by atoms with van der Waals surface area (Å²) in [6.45, 7) is 6.25. The van der Waals surface area contributed by atoms with E-state index in [-0.39, 0.29) is 6.61 Å². The third kappa shape index (κ3) is 2.94. The fraction of sp³-hybridized carbons (Fsp3) is 0.412. The molecule has 0 aliphatic carbocycles. The highest BCUT2D eigenvalue weighted by Gasteiger charge is 2.26. The fourth-order valence-electron chi connectivity index (χ4n) is 2.55. The number of benzene rings is 2. The van der Waals surface area contributed by atoms with Crippen molar-refractivity contribution in [3.05, 3.63) is 42.0 Å². The van der Waals surface area contributed by atoms with E-state index in [1.54, 1.807) is 7.11 Å². The second-order valence-corrected chi connectivity index (χ2v) is 5.72. The van der Waals surface area contributed by atoms with Crippen molar-refractivity contribution in [1.29, 1.82) is 0 Å². The van der Waals surface area contributed by atoms with Gasteiger partial charge in [-0.1, -0.05) is 18.2 Å². The molecule has 0 saturated carbocycles. The van der Waals surface area contributed by atoms with Gasteiger partial charge in [-0.15, -0.1) is 0 Å². The number of fused-ring (bicyclic) bond motifs is 1. The maximum absolute atomic E-state index is 9.76. The van der Waals surface area contributed by atoms with Crippen LogP contribution in [0.5, 0.6) is 5.75 Å². The largest absolute Gasteiger partial charge is 0.497 e. The van der Waals surface area contributed by atoms with Crippen molar-refractivity contribution < 1.29 is 9.84 Å². The molecular formula is C17H23NO2. The summed E-state index contributed by atoms with van der Waals surface area (Å²) in [6.07, 6.45) is 0. The summed E-state index contributed by atoms with van der Waals surface area (Å²) in [7, 11) is 1.67. The van der Waals surface area contributed by atoms with Crippen molar-refractivity contribution in [3.63, 3.8) is 0 Å². The second-order valence-electron chi connectivity index (χ2n) is 5.72. The molecule has 0 aliphatic heterocycles. The lowest BCUT2D eigenvalue weighted by atomic mass is 9.90. The van der Waals surface area contributed by atoms with Crippen LogP contribution < -0.4 is 10.1 Å². The zero-order valence-corrected chi connectivity index (χ0v) is 12.6. The Morgan fingerprint density at radius 3 is 2.40 bits per heavy atom. The first-order valence-electron chi connectivity index (χ1n) is 6.95. The first kappa shape index (κ1) is 14.8. The average Bonchev–Trinajstić information content (AvgIpc) is 2.45. The molecule has 0 spiro atoms. The summed E-state index contributed by atoms with van der Waals surface area (Å²) in [5.74, 6) is 0.857. The summed E-state index contributed by atoms with van der Waals surface area (Å²) in [5, 5.41) is 15.5. The van der Waals surface area contributed by atoms with E-state index < -0.39 is 5.54 Å². The van der Waals surface area contributed by atoms with Crippen LogP contribution in [-0.4, -0.2) is 24.9 Å². The van der Waals surface area contributed by atoms with Gasteiger partial charge in [0.05, 0.1) is 19.3 Å². The van der Waals surface area contributed by atoms with Gasteiger partial charge in [0.15, 0.2) is 0 Å². The van der Waals surface area contributed by atoms with Crippen molar-refractivity contribution in [2.24, 2.45) is 0 Å². The maximum Gasteiger partial charge on any atom is 0.119 e. The molecular weight excluding hydrogens is 250 g/mol. The maximum atomic E-state index is 9.76. The SMILES string of the molecule is COc1ccc2cc(C(C)(CO)NC(C)C)ccc2c1. The Kier molecular flexibility index (Phi) is 4.31. The van der Waals surface area contributed by atoms with Crippen LogP contribution >= 0.6 is 0 Å². The normalized spacial score (nSPS) is 14.5. The molecule has 0 heterocycles. The van der Waals surface area contributed by atoms with Crippen molar-refractivity contribution in [3.8, 4) is 5.75 Å². The van der Waals surface area contributed by atoms with E-state index in [4.69, 9.17) is 4.74 Å². The third-order valence-electron chi connectivity index (χ3n) is 3.61. The lowest BCUT2D eigenvalue weighted by Crippen LogP contribution is -2.46. The van der Waals surface area contributed by atoms with Crippen LogP contribution in [0.2, 0.25) is 0 Å². The van der Waals surface area contributed by atoms with E-state index in [0.29, 0.717) is 6.04 Å². The van der Waals surface area contributed by atoms with E-state index in [1.165, 1.54) is 0 Å². The van der Waals surface area contributed by atoms with Crippen LogP contribution in [0.1, 0.15) is 26.3 Å². The van der Waals surface area contributed by atoms with Gasteiger partial charge >= 0.3 is 0 Å². The summed E-state index contributed by atoms with van der Waals surface area (Å²) in [5.41, 5.74) is 0.661. The Labute approximate surface area is 120 Å². The Hall–Kier alpha value is -1.58. The molecule has 108 valence electrons. The van der Waals surface area contributed by atoms with Gasteiger partial charge in [0.25, 0.3) is 0 Å². The molecule has 2 rings (SSSR count). The second kappa shape index (κ2) is 5.81. The van der Waals surface area contributed by atoms with Gasteiger partial charge in [-0.05, 0) is 55.3 Å². The van der Waals surface area contributed by atoms with E-state index >= 15 is 0 Å². The topological polar surface area (TPSA) is 41.5 Å². The van der Waals surface area contributed by atoms with Gasteiger partial charge in [0.1, 0.15) is 5.75 Å². The van der Waals surface area contributed by atoms with Crippen LogP contribution in [0.4, 0.5) is 0 Å². The van der Waals surface area contributed by atoms with Crippen molar-refractivity contribution >= 4 is 10.8 Å². The number of methoxy groups -OCH3 is 1. The van der Waals surface area contributed by atoms with E-state index in [9.17, 15) is 5.11 Å². The van der Waals surface area contributed by atoms with Gasteiger partial charge in [-0.3, -0.25) is 0 Å². The molecule has 2 aromatic rings. The highest BCUT2D eigenvalue weighted by molar-refractivity contribution is 5.84. The fourth-order valence-corrected chi connectivity index (χ4v) is 2.55. The standard InChI is InChI=1S/C17H23NO2/c1-12(2)18-17(3,11-19)15-7-5-14-10-16(20-4)8-6-13(14)9-15/h5-10,12,18-19H,11H2,1-4H3. The highest BCUT2D eigenvalue weighted by atomic mass is 16.5. The third-order valence-corrected chi connectivity index (χ3v) is 3.61. The molecule has 3 nitrogen and oxygen atoms in total. The molecule has 1 atom stereocenters. The molecule has 0 aliphatic rings. The van der Waals surface area contributed by atoms with Crippen LogP contribution in [0.15, 0.2) is 36.4 Å². The van der Waals surface area contributed by atoms with Gasteiger partial charge in [0, 0.05) is 6.04 Å². The molecule has 0 fully saturated rings. The quantitative estimate of drug-likeness (QED) is 0.879. The van der Waals surface area contributed by atoms with Gasteiger partial charge in [-0.25, -0.2) is 0 Å². The van der Waals surface area contributed by atoms with Crippen LogP contribution in [0, 0.1) is 0 Å². The van der Waals surface area contributed by atoms with E-state index in [0.717, 1.165) is 22.1 Å². The number of rotatable bonds is 5. The first-order chi connectivity index (χ1) is 9.48. The van der Waals surface area contributed by atoms with Crippen LogP contribution in [0.3, 0.4) is 0 Å². The van der Waals surface area contributed by atoms with Crippen molar-refractivity contribution in [2.45, 2.75) is 32.4 Å². The van der Waals surface area contributed by atoms with Gasteiger partial charge in [-0.2, -0.15) is 0 Å². The summed E-state index contributed by atoms with van der Waals surface area (Å²) >= 11 is 0. The minimum Gasteiger partial charge on any atom is -0.497 e. The number of aliphatic hydroxyl groups excluding tert-OH is 1. The molecule has 0 saturated heterocycles. The highest BCUT2D eigenvalue weighted by Crippen LogP contribution is 2.27. The number of ether oxygens (including phenoxy) is 1. The van der Waals surface area contributed by atoms with Crippen molar-refractivity contribution in [1.82, 2.24) is 5.32 Å². The Morgan fingerprint density at radius 1 is 1.15 bits per heavy atom. The Bertz CT molecular complexity index is 595. The first-order valence-corrected chi connectivity index (χ1v) is 6.95. The number of hydrogen-bond acceptors (Lipinski definition) is 3. The Balaban J connectivity index is 2.44. The van der Waals surface area contributed by atoms with Gasteiger partial charge < -0.3 is 15.2 Å². The molecule has 0 bridgehead atoms. The van der Waals surface area contributed by atoms with Crippen molar-refractivity contribution in [2.75, 3.05) is 13.7 Å². The molecule has 0 aromatic heterocycles. The predicted octanol–water partition coefficient (Wildman–Crippen LogP) is 3.05. The monoisotopic (exact) mass is 273 g/mol. The molecule has 3 heteroatoms. The molecule has 0 radical (unpaired) electrons. The number of hydrogen-bond donors (Lipinski definition) is 2. The van der Waals surface area contributed by atoms with Crippen LogP contribution in [0.25, 0.3) is 10.8 Å². The summed E-state index contributed by atoms with van der Waals surface area (Å²) in [6, 6.07) is 12.6. The lowest BCUT2D eigenvalue weighted by molar-refractivity contribution is 0.166. The molecule has 0 amide bonds. The van der Waals surface area contributed by atoms with E-state index in [1.807, 2.05) is 25.1 Å². The zero-order valence-electron chi connectivity index (χ0n) is 12.6. The minimum atomic E-state index is -0.428. The summed E-state index contributed by atoms with van der Waals surface area (Å²) in [4.78, 5) is 0. The van der Waals surface area contributed by atoms with E-state index in [2.05, 4.69) is 37.4 Å². The van der Waals surface area contributed by atoms with Crippen LogP contribution in [-0.2, 0) is 5.54 Å². The smallest absolute Gasteiger partial charge is 0.119 e. The molecule has 20 heavy (non-hydrogen) atoms. The Morgan fingerprint density at radius 2 is 1.80 bits per heavy atom. The number of aliphatic hydroxyl groups is 1. The minimum absolute atomic E-state index is 0.0623. The van der Waals surface area contributed by atoms with Gasteiger partial charge in [0.2, 0.25) is 0 Å².